The molecule has 17 heavy (non-hydrogen) atoms. The molecule has 0 aliphatic rings. The summed E-state index contributed by atoms with van der Waals surface area (Å²) in [6.07, 6.45) is 0. The van der Waals surface area contributed by atoms with Gasteiger partial charge in [-0.15, -0.1) is 0 Å². The van der Waals surface area contributed by atoms with Gasteiger partial charge in [-0.05, 0) is 11.5 Å². The van der Waals surface area contributed by atoms with Gasteiger partial charge in [-0.2, -0.15) is 5.26 Å². The van der Waals surface area contributed by atoms with Crippen LogP contribution in [-0.2, 0) is 6.54 Å². The van der Waals surface area contributed by atoms with Crippen LogP contribution in [0.15, 0.2) is 24.3 Å². The molecule has 0 aromatic heterocycles. The third-order valence-electron chi connectivity index (χ3n) is 2.24. The van der Waals surface area contributed by atoms with Crippen LogP contribution in [0.25, 0.3) is 0 Å². The Kier molecular flexibility index (Phi) is 4.99. The van der Waals surface area contributed by atoms with Gasteiger partial charge < -0.3 is 10.1 Å². The molecule has 0 saturated carbocycles. The largest absolute Gasteiger partial charge is 0.478 e. The number of nitrogens with one attached hydrogen (secondary N) is 1. The minimum atomic E-state index is 0.0935. The molecule has 0 amide bonds. The number of para-hydroxylation sites is 1. The van der Waals surface area contributed by atoms with Gasteiger partial charge in [-0.3, -0.25) is 0 Å². The molecule has 0 aliphatic carbocycles. The third-order valence-corrected chi connectivity index (χ3v) is 2.24. The van der Waals surface area contributed by atoms with Crippen molar-refractivity contribution in [3.8, 4) is 11.8 Å². The average molecular weight is 232 g/mol. The Morgan fingerprint density at radius 2 is 2.00 bits per heavy atom. The molecule has 0 unspecified atom stereocenters. The number of benzene rings is 1. The maximum absolute atomic E-state index is 8.51. The normalized spacial score (nSPS) is 10.9. The van der Waals surface area contributed by atoms with Crippen LogP contribution in [0, 0.1) is 16.7 Å². The number of ether oxygens (including phenoxy) is 1. The molecule has 1 N–H and O–H groups in total. The van der Waals surface area contributed by atoms with Crippen LogP contribution >= 0.6 is 0 Å². The number of hydrogen-bond acceptors (Lipinski definition) is 3. The van der Waals surface area contributed by atoms with Crippen LogP contribution in [0.1, 0.15) is 26.3 Å². The van der Waals surface area contributed by atoms with Gasteiger partial charge in [0.25, 0.3) is 0 Å². The van der Waals surface area contributed by atoms with Crippen molar-refractivity contribution in [2.45, 2.75) is 27.3 Å². The van der Waals surface area contributed by atoms with Crippen molar-refractivity contribution >= 4 is 0 Å². The molecule has 1 aromatic rings. The van der Waals surface area contributed by atoms with Crippen LogP contribution in [0.5, 0.6) is 5.75 Å². The topological polar surface area (TPSA) is 45.0 Å². The zero-order valence-electron chi connectivity index (χ0n) is 10.8. The van der Waals surface area contributed by atoms with E-state index in [-0.39, 0.29) is 12.0 Å². The van der Waals surface area contributed by atoms with Gasteiger partial charge in [0, 0.05) is 18.7 Å². The molecular weight excluding hydrogens is 212 g/mol. The lowest BCUT2D eigenvalue weighted by molar-refractivity contribution is 0.355. The number of rotatable bonds is 5. The van der Waals surface area contributed by atoms with Crippen LogP contribution in [-0.4, -0.2) is 13.2 Å². The summed E-state index contributed by atoms with van der Waals surface area (Å²) in [4.78, 5) is 0. The summed E-state index contributed by atoms with van der Waals surface area (Å²) < 4.78 is 5.37. The second-order valence-corrected chi connectivity index (χ2v) is 5.22. The van der Waals surface area contributed by atoms with Gasteiger partial charge in [-0.1, -0.05) is 39.0 Å². The first-order valence-electron chi connectivity index (χ1n) is 5.81. The fraction of sp³-hybridized carbons (Fsp3) is 0.500. The second-order valence-electron chi connectivity index (χ2n) is 5.22. The van der Waals surface area contributed by atoms with Crippen molar-refractivity contribution < 1.29 is 4.74 Å². The van der Waals surface area contributed by atoms with E-state index >= 15 is 0 Å². The van der Waals surface area contributed by atoms with Gasteiger partial charge in [0.15, 0.2) is 6.61 Å². The minimum absolute atomic E-state index is 0.0935. The summed E-state index contributed by atoms with van der Waals surface area (Å²) in [6, 6.07) is 9.79. The van der Waals surface area contributed by atoms with Crippen molar-refractivity contribution in [1.29, 1.82) is 5.26 Å². The maximum atomic E-state index is 8.51. The first kappa shape index (κ1) is 13.5. The third kappa shape index (κ3) is 5.37. The summed E-state index contributed by atoms with van der Waals surface area (Å²) in [5.41, 5.74) is 1.36. The van der Waals surface area contributed by atoms with Gasteiger partial charge >= 0.3 is 0 Å². The molecule has 0 saturated heterocycles. The van der Waals surface area contributed by atoms with Gasteiger partial charge in [0.1, 0.15) is 11.8 Å². The Morgan fingerprint density at radius 1 is 1.29 bits per heavy atom. The predicted molar refractivity (Wildman–Crippen MR) is 68.7 cm³/mol. The molecular formula is C14H20N2O. The van der Waals surface area contributed by atoms with E-state index in [1.807, 2.05) is 30.3 Å². The molecule has 0 aliphatic heterocycles. The molecule has 1 aromatic carbocycles. The summed E-state index contributed by atoms with van der Waals surface area (Å²) >= 11 is 0. The highest BCUT2D eigenvalue weighted by Gasteiger charge is 2.09. The summed E-state index contributed by atoms with van der Waals surface area (Å²) in [5.74, 6) is 0.787. The Morgan fingerprint density at radius 3 is 2.65 bits per heavy atom. The zero-order chi connectivity index (χ0) is 12.7. The van der Waals surface area contributed by atoms with Crippen molar-refractivity contribution in [2.75, 3.05) is 13.2 Å². The molecule has 1 rings (SSSR count). The van der Waals surface area contributed by atoms with Gasteiger partial charge in [-0.25, -0.2) is 0 Å². The van der Waals surface area contributed by atoms with E-state index in [2.05, 4.69) is 26.1 Å². The SMILES string of the molecule is CC(C)(C)CNCc1ccccc1OCC#N. The maximum Gasteiger partial charge on any atom is 0.174 e. The van der Waals surface area contributed by atoms with Crippen LogP contribution in [0.4, 0.5) is 0 Å². The molecule has 0 atom stereocenters. The highest BCUT2D eigenvalue weighted by molar-refractivity contribution is 5.33. The summed E-state index contributed by atoms with van der Waals surface area (Å²) in [6.45, 7) is 8.38. The standard InChI is InChI=1S/C14H20N2O/c1-14(2,3)11-16-10-12-6-4-5-7-13(12)17-9-8-15/h4-7,16H,9-11H2,1-3H3. The number of nitriles is 1. The molecule has 92 valence electrons. The molecule has 0 bridgehead atoms. The van der Waals surface area contributed by atoms with Gasteiger partial charge in [0.05, 0.1) is 0 Å². The lowest BCUT2D eigenvalue weighted by atomic mass is 9.97. The van der Waals surface area contributed by atoms with E-state index in [0.717, 1.165) is 24.4 Å². The zero-order valence-corrected chi connectivity index (χ0v) is 10.8. The fourth-order valence-electron chi connectivity index (χ4n) is 1.47. The van der Waals surface area contributed by atoms with Crippen LogP contribution in [0.2, 0.25) is 0 Å². The van der Waals surface area contributed by atoms with Gasteiger partial charge in [0.2, 0.25) is 0 Å². The molecule has 3 heteroatoms. The van der Waals surface area contributed by atoms with Crippen LogP contribution < -0.4 is 10.1 Å². The predicted octanol–water partition coefficient (Wildman–Crippen LogP) is 2.72. The Bertz CT molecular complexity index is 388. The van der Waals surface area contributed by atoms with Crippen LogP contribution in [0.3, 0.4) is 0 Å². The van der Waals surface area contributed by atoms with E-state index in [1.54, 1.807) is 0 Å². The van der Waals surface area contributed by atoms with Crippen molar-refractivity contribution in [1.82, 2.24) is 5.32 Å². The Balaban J connectivity index is 2.55. The number of nitrogens with zero attached hydrogens (tertiary/aromatic N) is 1. The fourth-order valence-corrected chi connectivity index (χ4v) is 1.47. The molecule has 0 heterocycles. The average Bonchev–Trinajstić information content (AvgIpc) is 2.26. The first-order chi connectivity index (χ1) is 8.03. The molecule has 3 nitrogen and oxygen atoms in total. The lowest BCUT2D eigenvalue weighted by Crippen LogP contribution is -2.26. The second kappa shape index (κ2) is 6.27. The van der Waals surface area contributed by atoms with Crippen molar-refractivity contribution in [3.05, 3.63) is 29.8 Å². The van der Waals surface area contributed by atoms with E-state index in [4.69, 9.17) is 10.00 Å². The number of hydrogen-bond donors (Lipinski definition) is 1. The molecule has 0 spiro atoms. The highest BCUT2D eigenvalue weighted by atomic mass is 16.5. The van der Waals surface area contributed by atoms with Crippen molar-refractivity contribution in [3.63, 3.8) is 0 Å². The van der Waals surface area contributed by atoms with E-state index in [9.17, 15) is 0 Å². The first-order valence-corrected chi connectivity index (χ1v) is 5.81. The lowest BCUT2D eigenvalue weighted by Gasteiger charge is -2.19. The monoisotopic (exact) mass is 232 g/mol. The Hall–Kier alpha value is -1.53. The van der Waals surface area contributed by atoms with E-state index in [1.165, 1.54) is 0 Å². The molecule has 0 fully saturated rings. The molecule has 0 radical (unpaired) electrons. The van der Waals surface area contributed by atoms with E-state index in [0.29, 0.717) is 0 Å². The minimum Gasteiger partial charge on any atom is -0.478 e. The van der Waals surface area contributed by atoms with E-state index < -0.39 is 0 Å². The highest BCUT2D eigenvalue weighted by Crippen LogP contribution is 2.18. The summed E-state index contributed by atoms with van der Waals surface area (Å²) in [5, 5.41) is 11.9. The Labute approximate surface area is 103 Å². The quantitative estimate of drug-likeness (QED) is 0.849. The van der Waals surface area contributed by atoms with Crippen molar-refractivity contribution in [2.24, 2.45) is 5.41 Å². The smallest absolute Gasteiger partial charge is 0.174 e. The summed E-state index contributed by atoms with van der Waals surface area (Å²) in [7, 11) is 0.